The summed E-state index contributed by atoms with van der Waals surface area (Å²) in [5.41, 5.74) is 0.206. The largest absolute Gasteiger partial charge is 0.350 e. The van der Waals surface area contributed by atoms with Crippen LogP contribution in [0.25, 0.3) is 0 Å². The Labute approximate surface area is 127 Å². The van der Waals surface area contributed by atoms with Gasteiger partial charge in [-0.3, -0.25) is 9.59 Å². The lowest BCUT2D eigenvalue weighted by Crippen LogP contribution is -2.40. The standard InChI is InChI=1S/C14H16Cl2N2O2/c1-13(9-14(13,15)16)12(20)18-8-11(19)17-7-10-5-3-2-4-6-10/h2-6H,7-9H2,1H3,(H,17,19)(H,18,20)/t13-/m0/s1. The number of hydrogen-bond acceptors (Lipinski definition) is 2. The summed E-state index contributed by atoms with van der Waals surface area (Å²) in [6.45, 7) is 2.04. The molecule has 108 valence electrons. The maximum atomic E-state index is 11.9. The van der Waals surface area contributed by atoms with Crippen LogP contribution < -0.4 is 10.6 Å². The van der Waals surface area contributed by atoms with Gasteiger partial charge in [-0.05, 0) is 18.9 Å². The van der Waals surface area contributed by atoms with E-state index >= 15 is 0 Å². The van der Waals surface area contributed by atoms with E-state index in [9.17, 15) is 9.59 Å². The minimum absolute atomic E-state index is 0.0783. The van der Waals surface area contributed by atoms with Crippen LogP contribution in [0.3, 0.4) is 0 Å². The molecular weight excluding hydrogens is 299 g/mol. The first kappa shape index (κ1) is 15.1. The van der Waals surface area contributed by atoms with Gasteiger partial charge in [-0.25, -0.2) is 0 Å². The molecule has 20 heavy (non-hydrogen) atoms. The Balaban J connectivity index is 1.72. The fraction of sp³-hybridized carbons (Fsp3) is 0.429. The molecule has 1 aromatic rings. The number of carbonyl (C=O) groups is 2. The molecule has 2 rings (SSSR count). The van der Waals surface area contributed by atoms with Gasteiger partial charge in [0.25, 0.3) is 0 Å². The highest BCUT2D eigenvalue weighted by molar-refractivity contribution is 6.53. The molecular formula is C14H16Cl2N2O2. The van der Waals surface area contributed by atoms with Crippen LogP contribution in [0.15, 0.2) is 30.3 Å². The molecule has 6 heteroatoms. The molecule has 0 bridgehead atoms. The summed E-state index contributed by atoms with van der Waals surface area (Å²) in [5.74, 6) is -0.543. The molecule has 1 aliphatic rings. The Morgan fingerprint density at radius 3 is 2.35 bits per heavy atom. The highest BCUT2D eigenvalue weighted by Crippen LogP contribution is 2.63. The molecule has 2 N–H and O–H groups in total. The highest BCUT2D eigenvalue weighted by atomic mass is 35.5. The second-order valence-corrected chi connectivity index (χ2v) is 6.64. The van der Waals surface area contributed by atoms with Gasteiger partial charge in [0, 0.05) is 6.54 Å². The molecule has 0 spiro atoms. The van der Waals surface area contributed by atoms with Gasteiger partial charge < -0.3 is 10.6 Å². The quantitative estimate of drug-likeness (QED) is 0.817. The molecule has 1 aliphatic carbocycles. The molecule has 0 aliphatic heterocycles. The van der Waals surface area contributed by atoms with Crippen LogP contribution in [0, 0.1) is 5.41 Å². The molecule has 4 nitrogen and oxygen atoms in total. The highest BCUT2D eigenvalue weighted by Gasteiger charge is 2.67. The molecule has 1 fully saturated rings. The van der Waals surface area contributed by atoms with Gasteiger partial charge in [0.2, 0.25) is 11.8 Å². The SMILES string of the molecule is C[C@@]1(C(=O)NCC(=O)NCc2ccccc2)CC1(Cl)Cl. The zero-order valence-corrected chi connectivity index (χ0v) is 12.6. The van der Waals surface area contributed by atoms with Crippen molar-refractivity contribution in [2.75, 3.05) is 6.54 Å². The number of nitrogens with one attached hydrogen (secondary N) is 2. The Morgan fingerprint density at radius 2 is 1.80 bits per heavy atom. The number of hydrogen-bond donors (Lipinski definition) is 2. The Hall–Kier alpha value is -1.26. The van der Waals surface area contributed by atoms with E-state index in [-0.39, 0.29) is 18.4 Å². The summed E-state index contributed by atoms with van der Waals surface area (Å²) in [6, 6.07) is 9.54. The Morgan fingerprint density at radius 1 is 1.20 bits per heavy atom. The zero-order valence-electron chi connectivity index (χ0n) is 11.1. The van der Waals surface area contributed by atoms with E-state index in [2.05, 4.69) is 10.6 Å². The van der Waals surface area contributed by atoms with Crippen LogP contribution in [-0.4, -0.2) is 22.7 Å². The fourth-order valence-corrected chi connectivity index (χ4v) is 2.57. The first-order chi connectivity index (χ1) is 9.35. The van der Waals surface area contributed by atoms with E-state index in [1.807, 2.05) is 30.3 Å². The molecule has 1 atom stereocenters. The maximum absolute atomic E-state index is 11.9. The number of alkyl halides is 2. The summed E-state index contributed by atoms with van der Waals surface area (Å²) in [5, 5.41) is 5.28. The van der Waals surface area contributed by atoms with Crippen molar-refractivity contribution in [3.8, 4) is 0 Å². The molecule has 0 saturated heterocycles. The lowest BCUT2D eigenvalue weighted by atomic mass is 10.1. The predicted octanol–water partition coefficient (Wildman–Crippen LogP) is 2.00. The van der Waals surface area contributed by atoms with Gasteiger partial charge in [-0.2, -0.15) is 0 Å². The van der Waals surface area contributed by atoms with Crippen LogP contribution in [0.1, 0.15) is 18.9 Å². The molecule has 0 aromatic heterocycles. The number of benzene rings is 1. The van der Waals surface area contributed by atoms with Crippen molar-refractivity contribution in [2.45, 2.75) is 24.2 Å². The third-order valence-corrected chi connectivity index (χ3v) is 4.60. The summed E-state index contributed by atoms with van der Waals surface area (Å²) in [4.78, 5) is 23.5. The zero-order chi connectivity index (χ0) is 14.8. The maximum Gasteiger partial charge on any atom is 0.239 e. The first-order valence-corrected chi connectivity index (χ1v) is 7.07. The van der Waals surface area contributed by atoms with E-state index in [1.54, 1.807) is 6.92 Å². The number of amides is 2. The van der Waals surface area contributed by atoms with E-state index in [4.69, 9.17) is 23.2 Å². The van der Waals surface area contributed by atoms with Crippen molar-refractivity contribution in [2.24, 2.45) is 5.41 Å². The second-order valence-electron chi connectivity index (χ2n) is 5.16. The second kappa shape index (κ2) is 5.62. The normalized spacial score (nSPS) is 22.9. The van der Waals surface area contributed by atoms with Gasteiger partial charge in [-0.1, -0.05) is 30.3 Å². The average Bonchev–Trinajstić information content (AvgIpc) is 2.95. The molecule has 1 aromatic carbocycles. The lowest BCUT2D eigenvalue weighted by Gasteiger charge is -2.12. The van der Waals surface area contributed by atoms with Gasteiger partial charge in [0.1, 0.15) is 4.33 Å². The van der Waals surface area contributed by atoms with E-state index in [1.165, 1.54) is 0 Å². The fourth-order valence-electron chi connectivity index (χ4n) is 1.86. The minimum atomic E-state index is -1.02. The van der Waals surface area contributed by atoms with Crippen LogP contribution in [0.4, 0.5) is 0 Å². The predicted molar refractivity (Wildman–Crippen MR) is 78.5 cm³/mol. The minimum Gasteiger partial charge on any atom is -0.350 e. The monoisotopic (exact) mass is 314 g/mol. The number of halogens is 2. The lowest BCUT2D eigenvalue weighted by molar-refractivity contribution is -0.129. The van der Waals surface area contributed by atoms with Crippen molar-refractivity contribution in [1.82, 2.24) is 10.6 Å². The Kier molecular flexibility index (Phi) is 4.25. The summed E-state index contributed by atoms with van der Waals surface area (Å²) in [6.07, 6.45) is 0.403. The number of rotatable bonds is 5. The van der Waals surface area contributed by atoms with Crippen LogP contribution in [0.5, 0.6) is 0 Å². The molecule has 0 radical (unpaired) electrons. The topological polar surface area (TPSA) is 58.2 Å². The third-order valence-electron chi connectivity index (χ3n) is 3.50. The van der Waals surface area contributed by atoms with Crippen LogP contribution >= 0.6 is 23.2 Å². The van der Waals surface area contributed by atoms with Crippen LogP contribution in [-0.2, 0) is 16.1 Å². The van der Waals surface area contributed by atoms with Crippen molar-refractivity contribution < 1.29 is 9.59 Å². The third kappa shape index (κ3) is 3.25. The smallest absolute Gasteiger partial charge is 0.239 e. The van der Waals surface area contributed by atoms with Crippen molar-refractivity contribution in [1.29, 1.82) is 0 Å². The van der Waals surface area contributed by atoms with Crippen LogP contribution in [0.2, 0.25) is 0 Å². The summed E-state index contributed by atoms with van der Waals surface area (Å²) >= 11 is 11.8. The van der Waals surface area contributed by atoms with Gasteiger partial charge >= 0.3 is 0 Å². The van der Waals surface area contributed by atoms with Gasteiger partial charge in [0.15, 0.2) is 0 Å². The summed E-state index contributed by atoms with van der Waals surface area (Å²) < 4.78 is -1.02. The van der Waals surface area contributed by atoms with E-state index in [0.717, 1.165) is 5.56 Å². The average molecular weight is 315 g/mol. The van der Waals surface area contributed by atoms with E-state index in [0.29, 0.717) is 13.0 Å². The first-order valence-electron chi connectivity index (χ1n) is 6.32. The van der Waals surface area contributed by atoms with Crippen molar-refractivity contribution in [3.63, 3.8) is 0 Å². The van der Waals surface area contributed by atoms with E-state index < -0.39 is 9.75 Å². The molecule has 1 saturated carbocycles. The van der Waals surface area contributed by atoms with Gasteiger partial charge in [-0.15, -0.1) is 23.2 Å². The van der Waals surface area contributed by atoms with Gasteiger partial charge in [0.05, 0.1) is 12.0 Å². The number of carbonyl (C=O) groups excluding carboxylic acids is 2. The molecule has 0 unspecified atom stereocenters. The van der Waals surface area contributed by atoms with Crippen molar-refractivity contribution >= 4 is 35.0 Å². The summed E-state index contributed by atoms with van der Waals surface area (Å²) in [7, 11) is 0. The van der Waals surface area contributed by atoms with Crippen molar-refractivity contribution in [3.05, 3.63) is 35.9 Å². The Bertz CT molecular complexity index is 519. The molecule has 0 heterocycles. The molecule has 2 amide bonds.